The van der Waals surface area contributed by atoms with Crippen LogP contribution in [0.25, 0.3) is 10.4 Å². The van der Waals surface area contributed by atoms with E-state index in [1.165, 1.54) is 18.4 Å². The fourth-order valence-electron chi connectivity index (χ4n) is 2.07. The standard InChI is InChI=1S/C15H13NO4S/c1-16-13(17)8-20-15(18)12-6-9-7-19-11-5-3-2-4-10(11)14(9)21-12/h2-6H,7-8H2,1H3,(H,16,17). The largest absolute Gasteiger partial charge is 0.488 e. The first-order valence-corrected chi connectivity index (χ1v) is 7.23. The number of amides is 1. The number of ether oxygens (including phenoxy) is 2. The van der Waals surface area contributed by atoms with E-state index in [0.29, 0.717) is 11.5 Å². The second-order valence-corrected chi connectivity index (χ2v) is 5.55. The van der Waals surface area contributed by atoms with Crippen molar-refractivity contribution < 1.29 is 19.1 Å². The highest BCUT2D eigenvalue weighted by Crippen LogP contribution is 2.42. The quantitative estimate of drug-likeness (QED) is 0.883. The summed E-state index contributed by atoms with van der Waals surface area (Å²) < 4.78 is 10.6. The average molecular weight is 303 g/mol. The van der Waals surface area contributed by atoms with Gasteiger partial charge in [-0.1, -0.05) is 12.1 Å². The molecule has 1 aromatic carbocycles. The lowest BCUT2D eigenvalue weighted by Gasteiger charge is -2.16. The summed E-state index contributed by atoms with van der Waals surface area (Å²) in [7, 11) is 1.49. The van der Waals surface area contributed by atoms with Crippen molar-refractivity contribution >= 4 is 23.2 Å². The molecule has 1 amide bonds. The zero-order valence-corrected chi connectivity index (χ0v) is 12.2. The van der Waals surface area contributed by atoms with E-state index in [0.717, 1.165) is 21.8 Å². The maximum absolute atomic E-state index is 12.0. The Kier molecular flexibility index (Phi) is 3.62. The third kappa shape index (κ3) is 2.62. The summed E-state index contributed by atoms with van der Waals surface area (Å²) in [5.41, 5.74) is 1.94. The van der Waals surface area contributed by atoms with E-state index in [9.17, 15) is 9.59 Å². The lowest BCUT2D eigenvalue weighted by molar-refractivity contribution is -0.123. The van der Waals surface area contributed by atoms with Crippen LogP contribution >= 0.6 is 11.3 Å². The van der Waals surface area contributed by atoms with Gasteiger partial charge in [-0.25, -0.2) is 4.79 Å². The number of para-hydroxylation sites is 1. The second-order valence-electron chi connectivity index (χ2n) is 4.50. The Bertz CT molecular complexity index is 707. The molecule has 0 saturated carbocycles. The van der Waals surface area contributed by atoms with Crippen LogP contribution in [0.15, 0.2) is 30.3 Å². The molecule has 0 atom stereocenters. The highest BCUT2D eigenvalue weighted by molar-refractivity contribution is 7.17. The molecule has 1 aliphatic heterocycles. The molecule has 2 aromatic rings. The van der Waals surface area contributed by atoms with Gasteiger partial charge < -0.3 is 14.8 Å². The molecule has 2 heterocycles. The second kappa shape index (κ2) is 5.57. The number of carbonyl (C=O) groups is 2. The van der Waals surface area contributed by atoms with Crippen LogP contribution in [0.5, 0.6) is 5.75 Å². The molecular formula is C15H13NO4S. The zero-order valence-electron chi connectivity index (χ0n) is 11.3. The highest BCUT2D eigenvalue weighted by Gasteiger charge is 2.23. The maximum Gasteiger partial charge on any atom is 0.348 e. The predicted molar refractivity (Wildman–Crippen MR) is 78.4 cm³/mol. The topological polar surface area (TPSA) is 64.6 Å². The molecular weight excluding hydrogens is 290 g/mol. The van der Waals surface area contributed by atoms with Gasteiger partial charge in [0.05, 0.1) is 0 Å². The Morgan fingerprint density at radius 3 is 3.00 bits per heavy atom. The molecule has 3 rings (SSSR count). The first-order chi connectivity index (χ1) is 10.2. The monoisotopic (exact) mass is 303 g/mol. The van der Waals surface area contributed by atoms with Crippen LogP contribution in [-0.4, -0.2) is 25.5 Å². The molecule has 108 valence electrons. The molecule has 0 spiro atoms. The summed E-state index contributed by atoms with van der Waals surface area (Å²) >= 11 is 1.36. The summed E-state index contributed by atoms with van der Waals surface area (Å²) in [5.74, 6) is -0.00837. The van der Waals surface area contributed by atoms with Crippen LogP contribution in [0.4, 0.5) is 0 Å². The minimum absolute atomic E-state index is 0.273. The molecule has 5 nitrogen and oxygen atoms in total. The molecule has 1 aromatic heterocycles. The number of hydrogen-bond donors (Lipinski definition) is 1. The Morgan fingerprint density at radius 2 is 2.19 bits per heavy atom. The summed E-state index contributed by atoms with van der Waals surface area (Å²) in [6, 6.07) is 9.48. The number of esters is 1. The van der Waals surface area contributed by atoms with E-state index < -0.39 is 5.97 Å². The number of benzene rings is 1. The third-order valence-electron chi connectivity index (χ3n) is 3.14. The van der Waals surface area contributed by atoms with Gasteiger partial charge in [-0.2, -0.15) is 0 Å². The summed E-state index contributed by atoms with van der Waals surface area (Å²) in [5, 5.41) is 2.40. The summed E-state index contributed by atoms with van der Waals surface area (Å²) in [6.07, 6.45) is 0. The average Bonchev–Trinajstić information content (AvgIpc) is 2.96. The van der Waals surface area contributed by atoms with Gasteiger partial charge in [0.1, 0.15) is 17.2 Å². The van der Waals surface area contributed by atoms with Crippen molar-refractivity contribution in [2.45, 2.75) is 6.61 Å². The van der Waals surface area contributed by atoms with Crippen LogP contribution < -0.4 is 10.1 Å². The van der Waals surface area contributed by atoms with Crippen LogP contribution in [-0.2, 0) is 16.1 Å². The van der Waals surface area contributed by atoms with E-state index in [-0.39, 0.29) is 12.5 Å². The van der Waals surface area contributed by atoms with Gasteiger partial charge in [0.15, 0.2) is 6.61 Å². The molecule has 0 radical (unpaired) electrons. The number of thiophene rings is 1. The molecule has 1 N–H and O–H groups in total. The molecule has 6 heteroatoms. The molecule has 0 unspecified atom stereocenters. The number of nitrogens with one attached hydrogen (secondary N) is 1. The van der Waals surface area contributed by atoms with E-state index in [2.05, 4.69) is 5.32 Å². The summed E-state index contributed by atoms with van der Waals surface area (Å²) in [6.45, 7) is 0.163. The van der Waals surface area contributed by atoms with Crippen molar-refractivity contribution in [1.29, 1.82) is 0 Å². The van der Waals surface area contributed by atoms with E-state index in [4.69, 9.17) is 9.47 Å². The number of carbonyl (C=O) groups excluding carboxylic acids is 2. The fraction of sp³-hybridized carbons (Fsp3) is 0.200. The lowest BCUT2D eigenvalue weighted by Crippen LogP contribution is -2.24. The Hall–Kier alpha value is -2.34. The fourth-order valence-corrected chi connectivity index (χ4v) is 3.17. The van der Waals surface area contributed by atoms with Crippen molar-refractivity contribution in [3.8, 4) is 16.2 Å². The van der Waals surface area contributed by atoms with Gasteiger partial charge in [-0.15, -0.1) is 11.3 Å². The van der Waals surface area contributed by atoms with E-state index in [1.54, 1.807) is 6.07 Å². The highest BCUT2D eigenvalue weighted by atomic mass is 32.1. The van der Waals surface area contributed by atoms with E-state index in [1.807, 2.05) is 24.3 Å². The van der Waals surface area contributed by atoms with Crippen LogP contribution in [0, 0.1) is 0 Å². The van der Waals surface area contributed by atoms with Crippen LogP contribution in [0.3, 0.4) is 0 Å². The minimum atomic E-state index is -0.490. The Morgan fingerprint density at radius 1 is 1.38 bits per heavy atom. The SMILES string of the molecule is CNC(=O)COC(=O)c1cc2c(s1)-c1ccccc1OC2. The van der Waals surface area contributed by atoms with Gasteiger partial charge in [0.25, 0.3) is 5.91 Å². The van der Waals surface area contributed by atoms with Crippen molar-refractivity contribution in [1.82, 2.24) is 5.32 Å². The first kappa shape index (κ1) is 13.6. The van der Waals surface area contributed by atoms with E-state index >= 15 is 0 Å². The van der Waals surface area contributed by atoms with Crippen molar-refractivity contribution in [3.05, 3.63) is 40.8 Å². The van der Waals surface area contributed by atoms with Crippen molar-refractivity contribution in [2.75, 3.05) is 13.7 Å². The Balaban J connectivity index is 1.84. The van der Waals surface area contributed by atoms with Gasteiger partial charge in [0, 0.05) is 23.1 Å². The van der Waals surface area contributed by atoms with Crippen molar-refractivity contribution in [2.24, 2.45) is 0 Å². The maximum atomic E-state index is 12.0. The molecule has 0 fully saturated rings. The summed E-state index contributed by atoms with van der Waals surface area (Å²) in [4.78, 5) is 24.6. The molecule has 0 aliphatic carbocycles. The first-order valence-electron chi connectivity index (χ1n) is 6.41. The Labute approximate surface area is 125 Å². The van der Waals surface area contributed by atoms with Crippen LogP contribution in [0.1, 0.15) is 15.2 Å². The predicted octanol–water partition coefficient (Wildman–Crippen LogP) is 2.21. The van der Waals surface area contributed by atoms with Gasteiger partial charge in [-0.05, 0) is 18.2 Å². The molecule has 0 bridgehead atoms. The minimum Gasteiger partial charge on any atom is -0.488 e. The smallest absolute Gasteiger partial charge is 0.348 e. The van der Waals surface area contributed by atoms with Crippen molar-refractivity contribution in [3.63, 3.8) is 0 Å². The number of fused-ring (bicyclic) bond motifs is 3. The number of likely N-dealkylation sites (N-methyl/N-ethyl adjacent to an activating group) is 1. The van der Waals surface area contributed by atoms with Gasteiger partial charge in [-0.3, -0.25) is 4.79 Å². The number of hydrogen-bond acceptors (Lipinski definition) is 5. The van der Waals surface area contributed by atoms with Gasteiger partial charge in [0.2, 0.25) is 0 Å². The zero-order chi connectivity index (χ0) is 14.8. The molecule has 1 aliphatic rings. The number of rotatable bonds is 3. The normalized spacial score (nSPS) is 11.9. The lowest BCUT2D eigenvalue weighted by atomic mass is 10.1. The van der Waals surface area contributed by atoms with Gasteiger partial charge >= 0.3 is 5.97 Å². The van der Waals surface area contributed by atoms with Crippen LogP contribution in [0.2, 0.25) is 0 Å². The molecule has 21 heavy (non-hydrogen) atoms. The third-order valence-corrected chi connectivity index (χ3v) is 4.33. The molecule has 0 saturated heterocycles.